The van der Waals surface area contributed by atoms with Gasteiger partial charge < -0.3 is 19.7 Å². The molecule has 1 rings (SSSR count). The molecule has 0 aromatic carbocycles. The summed E-state index contributed by atoms with van der Waals surface area (Å²) in [6, 6.07) is 0.642. The van der Waals surface area contributed by atoms with Gasteiger partial charge in [0.2, 0.25) is 0 Å². The van der Waals surface area contributed by atoms with E-state index >= 15 is 0 Å². The van der Waals surface area contributed by atoms with Gasteiger partial charge in [-0.05, 0) is 33.4 Å². The zero-order valence-corrected chi connectivity index (χ0v) is 11.6. The highest BCUT2D eigenvalue weighted by Crippen LogP contribution is 2.13. The first kappa shape index (κ1) is 15.4. The SMILES string of the molecule is CCOC(=O)COCCNCC1CCCCN1C. The molecule has 1 atom stereocenters. The van der Waals surface area contributed by atoms with Crippen molar-refractivity contribution in [2.45, 2.75) is 32.2 Å². The van der Waals surface area contributed by atoms with Crippen molar-refractivity contribution < 1.29 is 14.3 Å². The standard InChI is InChI=1S/C13H26N2O3/c1-3-18-13(16)11-17-9-7-14-10-12-6-4-5-8-15(12)2/h12,14H,3-11H2,1-2H3. The van der Waals surface area contributed by atoms with E-state index in [9.17, 15) is 4.79 Å². The summed E-state index contributed by atoms with van der Waals surface area (Å²) < 4.78 is 9.98. The van der Waals surface area contributed by atoms with Crippen LogP contribution in [-0.4, -0.2) is 63.4 Å². The number of hydrogen-bond donors (Lipinski definition) is 1. The number of hydrogen-bond acceptors (Lipinski definition) is 5. The molecular formula is C13H26N2O3. The van der Waals surface area contributed by atoms with Crippen molar-refractivity contribution >= 4 is 5.97 Å². The first-order chi connectivity index (χ1) is 8.74. The van der Waals surface area contributed by atoms with E-state index in [1.807, 2.05) is 0 Å². The average Bonchev–Trinajstić information content (AvgIpc) is 2.36. The fourth-order valence-corrected chi connectivity index (χ4v) is 2.17. The largest absolute Gasteiger partial charge is 0.464 e. The number of ether oxygens (including phenoxy) is 2. The molecule has 0 amide bonds. The number of esters is 1. The van der Waals surface area contributed by atoms with Crippen LogP contribution in [0.3, 0.4) is 0 Å². The molecule has 5 nitrogen and oxygen atoms in total. The maximum Gasteiger partial charge on any atom is 0.332 e. The van der Waals surface area contributed by atoms with Crippen LogP contribution in [0.4, 0.5) is 0 Å². The highest BCUT2D eigenvalue weighted by atomic mass is 16.6. The van der Waals surface area contributed by atoms with Gasteiger partial charge in [-0.1, -0.05) is 6.42 Å². The van der Waals surface area contributed by atoms with E-state index in [1.165, 1.54) is 25.8 Å². The molecule has 1 heterocycles. The van der Waals surface area contributed by atoms with Crippen LogP contribution in [0.1, 0.15) is 26.2 Å². The maximum absolute atomic E-state index is 11.0. The van der Waals surface area contributed by atoms with Gasteiger partial charge >= 0.3 is 5.97 Å². The summed E-state index contributed by atoms with van der Waals surface area (Å²) in [6.45, 7) is 5.79. The van der Waals surface area contributed by atoms with Gasteiger partial charge in [-0.15, -0.1) is 0 Å². The Bertz CT molecular complexity index is 236. The number of nitrogens with zero attached hydrogens (tertiary/aromatic N) is 1. The van der Waals surface area contributed by atoms with E-state index in [1.54, 1.807) is 6.92 Å². The molecule has 1 fully saturated rings. The monoisotopic (exact) mass is 258 g/mol. The topological polar surface area (TPSA) is 50.8 Å². The molecule has 1 saturated heterocycles. The molecule has 1 aliphatic heterocycles. The van der Waals surface area contributed by atoms with Crippen LogP contribution < -0.4 is 5.32 Å². The molecule has 0 saturated carbocycles. The highest BCUT2D eigenvalue weighted by Gasteiger charge is 2.17. The maximum atomic E-state index is 11.0. The Morgan fingerprint density at radius 2 is 2.28 bits per heavy atom. The minimum absolute atomic E-state index is 0.0544. The second-order valence-electron chi connectivity index (χ2n) is 4.69. The van der Waals surface area contributed by atoms with Gasteiger partial charge in [0.15, 0.2) is 0 Å². The zero-order chi connectivity index (χ0) is 13.2. The molecule has 0 radical (unpaired) electrons. The molecule has 1 aliphatic rings. The number of piperidine rings is 1. The van der Waals surface area contributed by atoms with Crippen LogP contribution in [0.5, 0.6) is 0 Å². The summed E-state index contributed by atoms with van der Waals surface area (Å²) in [4.78, 5) is 13.4. The molecule has 0 aromatic heterocycles. The van der Waals surface area contributed by atoms with Crippen LogP contribution >= 0.6 is 0 Å². The van der Waals surface area contributed by atoms with Crippen LogP contribution in [0, 0.1) is 0 Å². The Morgan fingerprint density at radius 3 is 3.00 bits per heavy atom. The quantitative estimate of drug-likeness (QED) is 0.511. The van der Waals surface area contributed by atoms with E-state index in [0.717, 1.165) is 13.1 Å². The van der Waals surface area contributed by atoms with Crippen molar-refractivity contribution in [3.05, 3.63) is 0 Å². The Hall–Kier alpha value is -0.650. The van der Waals surface area contributed by atoms with Crippen molar-refractivity contribution in [1.82, 2.24) is 10.2 Å². The lowest BCUT2D eigenvalue weighted by Crippen LogP contribution is -2.43. The lowest BCUT2D eigenvalue weighted by atomic mass is 10.0. The van der Waals surface area contributed by atoms with Gasteiger partial charge in [0.25, 0.3) is 0 Å². The molecule has 1 unspecified atom stereocenters. The van der Waals surface area contributed by atoms with Gasteiger partial charge in [-0.3, -0.25) is 0 Å². The molecule has 18 heavy (non-hydrogen) atoms. The van der Waals surface area contributed by atoms with E-state index in [0.29, 0.717) is 19.3 Å². The van der Waals surface area contributed by atoms with Crippen LogP contribution in [0.2, 0.25) is 0 Å². The molecule has 5 heteroatoms. The van der Waals surface area contributed by atoms with Crippen molar-refractivity contribution in [3.63, 3.8) is 0 Å². The predicted octanol–water partition coefficient (Wildman–Crippen LogP) is 0.640. The molecule has 0 aromatic rings. The summed E-state index contributed by atoms with van der Waals surface area (Å²) >= 11 is 0. The summed E-state index contributed by atoms with van der Waals surface area (Å²) in [5, 5.41) is 3.37. The van der Waals surface area contributed by atoms with E-state index < -0.39 is 0 Å². The second-order valence-corrected chi connectivity index (χ2v) is 4.69. The molecule has 106 valence electrons. The predicted molar refractivity (Wildman–Crippen MR) is 70.6 cm³/mol. The lowest BCUT2D eigenvalue weighted by Gasteiger charge is -2.32. The molecular weight excluding hydrogens is 232 g/mol. The number of carbonyl (C=O) groups is 1. The second kappa shape index (κ2) is 9.30. The van der Waals surface area contributed by atoms with E-state index in [2.05, 4.69) is 17.3 Å². The minimum Gasteiger partial charge on any atom is -0.464 e. The minimum atomic E-state index is -0.287. The summed E-state index contributed by atoms with van der Waals surface area (Å²) in [6.07, 6.45) is 3.92. The first-order valence-corrected chi connectivity index (χ1v) is 6.88. The number of carbonyl (C=O) groups excluding carboxylic acids is 1. The fraction of sp³-hybridized carbons (Fsp3) is 0.923. The number of nitrogens with one attached hydrogen (secondary N) is 1. The molecule has 0 aliphatic carbocycles. The Morgan fingerprint density at radius 1 is 1.44 bits per heavy atom. The third-order valence-electron chi connectivity index (χ3n) is 3.25. The van der Waals surface area contributed by atoms with E-state index in [4.69, 9.17) is 9.47 Å². The smallest absolute Gasteiger partial charge is 0.332 e. The van der Waals surface area contributed by atoms with Crippen LogP contribution in [0.25, 0.3) is 0 Å². The van der Waals surface area contributed by atoms with Crippen LogP contribution in [0.15, 0.2) is 0 Å². The molecule has 0 spiro atoms. The van der Waals surface area contributed by atoms with Gasteiger partial charge in [0.1, 0.15) is 6.61 Å². The van der Waals surface area contributed by atoms with Gasteiger partial charge in [0, 0.05) is 19.1 Å². The van der Waals surface area contributed by atoms with E-state index in [-0.39, 0.29) is 12.6 Å². The van der Waals surface area contributed by atoms with Gasteiger partial charge in [0.05, 0.1) is 13.2 Å². The van der Waals surface area contributed by atoms with Crippen molar-refractivity contribution in [1.29, 1.82) is 0 Å². The molecule has 1 N–H and O–H groups in total. The third-order valence-corrected chi connectivity index (χ3v) is 3.25. The highest BCUT2D eigenvalue weighted by molar-refractivity contribution is 5.70. The van der Waals surface area contributed by atoms with Gasteiger partial charge in [-0.2, -0.15) is 0 Å². The summed E-state index contributed by atoms with van der Waals surface area (Å²) in [5.41, 5.74) is 0. The fourth-order valence-electron chi connectivity index (χ4n) is 2.17. The number of likely N-dealkylation sites (tertiary alicyclic amines) is 1. The molecule has 0 bridgehead atoms. The van der Waals surface area contributed by atoms with Crippen LogP contribution in [-0.2, 0) is 14.3 Å². The van der Waals surface area contributed by atoms with Crippen molar-refractivity contribution in [2.24, 2.45) is 0 Å². The first-order valence-electron chi connectivity index (χ1n) is 6.88. The normalized spacial score (nSPS) is 20.9. The average molecular weight is 258 g/mol. The van der Waals surface area contributed by atoms with Gasteiger partial charge in [-0.25, -0.2) is 4.79 Å². The Balaban J connectivity index is 1.93. The van der Waals surface area contributed by atoms with Crippen molar-refractivity contribution in [2.75, 3.05) is 46.5 Å². The Labute approximate surface area is 110 Å². The van der Waals surface area contributed by atoms with Crippen molar-refractivity contribution in [3.8, 4) is 0 Å². The third kappa shape index (κ3) is 6.33. The Kier molecular flexibility index (Phi) is 7.96. The number of likely N-dealkylation sites (N-methyl/N-ethyl adjacent to an activating group) is 1. The lowest BCUT2D eigenvalue weighted by molar-refractivity contribution is -0.148. The zero-order valence-electron chi connectivity index (χ0n) is 11.6. The number of rotatable bonds is 8. The summed E-state index contributed by atoms with van der Waals surface area (Å²) in [5.74, 6) is -0.287. The summed E-state index contributed by atoms with van der Waals surface area (Å²) in [7, 11) is 2.18.